The Kier molecular flexibility index (Phi) is 10.8. The summed E-state index contributed by atoms with van der Waals surface area (Å²) in [6.07, 6.45) is 2.91. The third kappa shape index (κ3) is 5.88. The van der Waals surface area contributed by atoms with Crippen molar-refractivity contribution in [2.24, 2.45) is 16.7 Å². The summed E-state index contributed by atoms with van der Waals surface area (Å²) in [7, 11) is 3.43. The van der Waals surface area contributed by atoms with E-state index in [1.165, 1.54) is 0 Å². The molecule has 3 atom stereocenters. The number of ether oxygens (including phenoxy) is 2. The Morgan fingerprint density at radius 2 is 1.96 bits per heavy atom. The number of ketones is 1. The summed E-state index contributed by atoms with van der Waals surface area (Å²) >= 11 is 0.951. The van der Waals surface area contributed by atoms with E-state index in [-0.39, 0.29) is 16.9 Å². The average molecular weight is 407 g/mol. The van der Waals surface area contributed by atoms with Gasteiger partial charge in [0.2, 0.25) is 0 Å². The molecule has 2 bridgehead atoms. The molecule has 2 aliphatic rings. The molecule has 0 amide bonds. The van der Waals surface area contributed by atoms with Crippen LogP contribution >= 0.6 is 12.0 Å². The fourth-order valence-electron chi connectivity index (χ4n) is 4.40. The molecule has 7 nitrogen and oxygen atoms in total. The van der Waals surface area contributed by atoms with E-state index in [9.17, 15) is 10.1 Å². The number of likely N-dealkylation sites (N-methyl/N-ethyl adjacent to an activating group) is 1. The molecule has 3 unspecified atom stereocenters. The van der Waals surface area contributed by atoms with Crippen LogP contribution in [0, 0.1) is 16.7 Å². The summed E-state index contributed by atoms with van der Waals surface area (Å²) in [5, 5.41) is 13.0. The van der Waals surface area contributed by atoms with Gasteiger partial charge in [0.05, 0.1) is 12.7 Å². The molecular formula is C19H36NO6S-. The van der Waals surface area contributed by atoms with Gasteiger partial charge in [0.25, 0.3) is 0 Å². The maximum atomic E-state index is 12.0. The van der Waals surface area contributed by atoms with E-state index in [1.807, 2.05) is 0 Å². The Morgan fingerprint density at radius 1 is 1.30 bits per heavy atom. The normalized spacial score (nSPS) is 27.0. The van der Waals surface area contributed by atoms with Gasteiger partial charge in [0.1, 0.15) is 5.78 Å². The standard InChI is InChI=1S/C10H16O4S.C9H21NO2/c1-9(2)7-3-4-10(9,8(11)5-7)6-15-14-13-12;1-5-10(6-2)7-9(12-4)8-11-3/h7,12H,3-6H2,1-2H3;9H,5-8H2,1-4H3/p-1. The minimum atomic E-state index is -0.305. The molecule has 0 saturated heterocycles. The lowest BCUT2D eigenvalue weighted by Crippen LogP contribution is -2.38. The van der Waals surface area contributed by atoms with E-state index >= 15 is 0 Å². The SMILES string of the molecule is CC1(C)C2CCC1(CSOO[O-])C(=O)C2.CCN(CC)CC(COC)OC. The second-order valence-electron chi connectivity index (χ2n) is 7.86. The van der Waals surface area contributed by atoms with Gasteiger partial charge in [-0.05, 0) is 37.3 Å². The molecule has 0 aliphatic heterocycles. The molecule has 0 aromatic heterocycles. The highest BCUT2D eigenvalue weighted by atomic mass is 32.2. The van der Waals surface area contributed by atoms with E-state index < -0.39 is 0 Å². The van der Waals surface area contributed by atoms with Crippen LogP contribution in [0.25, 0.3) is 0 Å². The summed E-state index contributed by atoms with van der Waals surface area (Å²) < 4.78 is 14.6. The second-order valence-corrected chi connectivity index (χ2v) is 8.52. The molecule has 2 saturated carbocycles. The van der Waals surface area contributed by atoms with Gasteiger partial charge in [-0.3, -0.25) is 9.83 Å². The minimum Gasteiger partial charge on any atom is -0.691 e. The molecule has 8 heteroatoms. The molecule has 160 valence electrons. The number of methoxy groups -OCH3 is 2. The third-order valence-corrected chi connectivity index (χ3v) is 7.32. The highest BCUT2D eigenvalue weighted by Gasteiger charge is 2.63. The van der Waals surface area contributed by atoms with Crippen molar-refractivity contribution in [3.63, 3.8) is 0 Å². The van der Waals surface area contributed by atoms with E-state index in [0.717, 1.165) is 44.5 Å². The lowest BCUT2D eigenvalue weighted by Gasteiger charge is -2.35. The molecule has 0 spiro atoms. The Balaban J connectivity index is 0.000000279. The zero-order valence-electron chi connectivity index (χ0n) is 17.6. The number of hydrogen-bond acceptors (Lipinski definition) is 8. The van der Waals surface area contributed by atoms with Gasteiger partial charge >= 0.3 is 0 Å². The predicted octanol–water partition coefficient (Wildman–Crippen LogP) is 2.24. The summed E-state index contributed by atoms with van der Waals surface area (Å²) in [4.78, 5) is 14.3. The number of hydrogen-bond donors (Lipinski definition) is 0. The third-order valence-electron chi connectivity index (χ3n) is 6.56. The van der Waals surface area contributed by atoms with Crippen molar-refractivity contribution in [1.82, 2.24) is 4.90 Å². The molecule has 2 aliphatic carbocycles. The van der Waals surface area contributed by atoms with Crippen molar-refractivity contribution >= 4 is 17.8 Å². The minimum absolute atomic E-state index is 0.0311. The predicted molar refractivity (Wildman–Crippen MR) is 104 cm³/mol. The van der Waals surface area contributed by atoms with Crippen LogP contribution in [0.1, 0.15) is 47.0 Å². The molecule has 2 fully saturated rings. The van der Waals surface area contributed by atoms with E-state index in [0.29, 0.717) is 30.5 Å². The summed E-state index contributed by atoms with van der Waals surface area (Å²) in [5.41, 5.74) is -0.274. The average Bonchev–Trinajstić information content (AvgIpc) is 3.00. The maximum Gasteiger partial charge on any atom is 0.140 e. The zero-order chi connectivity index (χ0) is 20.5. The van der Waals surface area contributed by atoms with Gasteiger partial charge in [0, 0.05) is 50.4 Å². The van der Waals surface area contributed by atoms with Crippen LogP contribution in [0.15, 0.2) is 0 Å². The lowest BCUT2D eigenvalue weighted by molar-refractivity contribution is -0.777. The van der Waals surface area contributed by atoms with Crippen molar-refractivity contribution < 1.29 is 28.9 Å². The Labute approximate surface area is 168 Å². The topological polar surface area (TPSA) is 80.3 Å². The molecule has 0 aromatic rings. The fraction of sp³-hybridized carbons (Fsp3) is 0.947. The number of nitrogens with zero attached hydrogens (tertiary/aromatic N) is 1. The number of fused-ring (bicyclic) bond motifs is 2. The summed E-state index contributed by atoms with van der Waals surface area (Å²) in [5.74, 6) is 1.35. The number of Topliss-reactive ketones (excluding diaryl/α,β-unsaturated/α-hetero) is 1. The van der Waals surface area contributed by atoms with Crippen LogP contribution in [0.4, 0.5) is 0 Å². The zero-order valence-corrected chi connectivity index (χ0v) is 18.4. The van der Waals surface area contributed by atoms with Crippen LogP contribution in [-0.4, -0.2) is 63.0 Å². The molecular weight excluding hydrogens is 370 g/mol. The molecule has 2 rings (SSSR count). The molecule has 0 heterocycles. The highest BCUT2D eigenvalue weighted by Crippen LogP contribution is 2.64. The first kappa shape index (κ1) is 24.8. The maximum absolute atomic E-state index is 12.0. The lowest BCUT2D eigenvalue weighted by atomic mass is 9.70. The number of rotatable bonds is 11. The number of carbonyl (C=O) groups excluding carboxylic acids is 1. The van der Waals surface area contributed by atoms with Gasteiger partial charge in [-0.25, -0.2) is 0 Å². The van der Waals surface area contributed by atoms with Crippen LogP contribution in [0.5, 0.6) is 0 Å². The first-order chi connectivity index (χ1) is 12.8. The molecule has 0 N–H and O–H groups in total. The van der Waals surface area contributed by atoms with E-state index in [2.05, 4.69) is 42.0 Å². The van der Waals surface area contributed by atoms with Gasteiger partial charge in [-0.1, -0.05) is 27.7 Å². The smallest absolute Gasteiger partial charge is 0.140 e. The monoisotopic (exact) mass is 406 g/mol. The number of carbonyl (C=O) groups is 1. The van der Waals surface area contributed by atoms with Crippen LogP contribution in [-0.2, 0) is 23.6 Å². The van der Waals surface area contributed by atoms with Crippen LogP contribution in [0.3, 0.4) is 0 Å². The van der Waals surface area contributed by atoms with Gasteiger partial charge in [-0.2, -0.15) is 4.33 Å². The Bertz CT molecular complexity index is 446. The van der Waals surface area contributed by atoms with Crippen LogP contribution in [0.2, 0.25) is 0 Å². The molecule has 0 aromatic carbocycles. The summed E-state index contributed by atoms with van der Waals surface area (Å²) in [6.45, 7) is 12.4. The van der Waals surface area contributed by atoms with Crippen molar-refractivity contribution in [3.05, 3.63) is 0 Å². The molecule has 27 heavy (non-hydrogen) atoms. The van der Waals surface area contributed by atoms with Gasteiger partial charge in [0.15, 0.2) is 0 Å². The van der Waals surface area contributed by atoms with E-state index in [1.54, 1.807) is 14.2 Å². The quantitative estimate of drug-likeness (QED) is 0.224. The van der Waals surface area contributed by atoms with Gasteiger partial charge < -0.3 is 19.6 Å². The largest absolute Gasteiger partial charge is 0.691 e. The van der Waals surface area contributed by atoms with Crippen molar-refractivity contribution in [2.75, 3.05) is 46.2 Å². The van der Waals surface area contributed by atoms with E-state index in [4.69, 9.17) is 9.47 Å². The van der Waals surface area contributed by atoms with Crippen molar-refractivity contribution in [2.45, 2.75) is 53.1 Å². The van der Waals surface area contributed by atoms with Crippen LogP contribution < -0.4 is 5.26 Å². The first-order valence-corrected chi connectivity index (χ1v) is 10.6. The fourth-order valence-corrected chi connectivity index (χ4v) is 5.37. The first-order valence-electron chi connectivity index (χ1n) is 9.68. The van der Waals surface area contributed by atoms with Gasteiger partial charge in [-0.15, -0.1) is 0 Å². The molecule has 0 radical (unpaired) electrons. The summed E-state index contributed by atoms with van der Waals surface area (Å²) in [6, 6.07) is 0. The highest BCUT2D eigenvalue weighted by molar-refractivity contribution is 7.94. The Hall–Kier alpha value is -0.220. The second kappa shape index (κ2) is 11.7. The van der Waals surface area contributed by atoms with Crippen molar-refractivity contribution in [3.8, 4) is 0 Å². The van der Waals surface area contributed by atoms with Crippen molar-refractivity contribution in [1.29, 1.82) is 0 Å². The Morgan fingerprint density at radius 3 is 2.37 bits per heavy atom.